The number of aromatic nitrogens is 1. The molecule has 3 heteroatoms. The minimum atomic E-state index is 0.361. The summed E-state index contributed by atoms with van der Waals surface area (Å²) in [5.74, 6) is 0.361. The fourth-order valence-corrected chi connectivity index (χ4v) is 2.50. The molecule has 0 spiro atoms. The van der Waals surface area contributed by atoms with Crippen molar-refractivity contribution in [3.05, 3.63) is 42.6 Å². The Kier molecular flexibility index (Phi) is 4.63. The zero-order valence-electron chi connectivity index (χ0n) is 11.5. The number of hydrogen-bond donors (Lipinski definition) is 2. The van der Waals surface area contributed by atoms with Crippen molar-refractivity contribution in [3.63, 3.8) is 0 Å². The summed E-state index contributed by atoms with van der Waals surface area (Å²) in [6.07, 6.45) is 6.03. The second kappa shape index (κ2) is 6.43. The Labute approximate surface area is 114 Å². The highest BCUT2D eigenvalue weighted by molar-refractivity contribution is 5.88. The summed E-state index contributed by atoms with van der Waals surface area (Å²) in [4.78, 5) is 5.60. The number of nitrogens with zero attached hydrogens (tertiary/aromatic N) is 1. The van der Waals surface area contributed by atoms with Crippen molar-refractivity contribution in [3.8, 4) is 5.75 Å². The lowest BCUT2D eigenvalue weighted by molar-refractivity contribution is 0.307. The van der Waals surface area contributed by atoms with Gasteiger partial charge in [0.15, 0.2) is 0 Å². The molecule has 1 aromatic carbocycles. The molecule has 0 saturated heterocycles. The molecule has 2 rings (SSSR count). The van der Waals surface area contributed by atoms with Crippen molar-refractivity contribution in [2.45, 2.75) is 19.8 Å². The molecule has 0 aliphatic heterocycles. The first-order chi connectivity index (χ1) is 9.26. The smallest absolute Gasteiger partial charge is 0.125 e. The van der Waals surface area contributed by atoms with E-state index in [-0.39, 0.29) is 0 Å². The van der Waals surface area contributed by atoms with Crippen LogP contribution in [0.3, 0.4) is 0 Å². The number of benzene rings is 1. The summed E-state index contributed by atoms with van der Waals surface area (Å²) in [5.41, 5.74) is 2.18. The zero-order chi connectivity index (χ0) is 13.7. The number of H-pyrrole nitrogens is 1. The molecule has 1 heterocycles. The van der Waals surface area contributed by atoms with E-state index in [4.69, 9.17) is 0 Å². The van der Waals surface area contributed by atoms with Crippen LogP contribution in [0.25, 0.3) is 10.9 Å². The van der Waals surface area contributed by atoms with Crippen molar-refractivity contribution in [1.29, 1.82) is 0 Å². The van der Waals surface area contributed by atoms with E-state index in [2.05, 4.69) is 23.4 Å². The molecule has 0 bridgehead atoms. The number of nitrogens with one attached hydrogen (secondary N) is 1. The first-order valence-corrected chi connectivity index (χ1v) is 6.87. The lowest BCUT2D eigenvalue weighted by Gasteiger charge is -2.19. The van der Waals surface area contributed by atoms with Gasteiger partial charge in [-0.15, -0.1) is 6.58 Å². The highest BCUT2D eigenvalue weighted by Crippen LogP contribution is 2.27. The molecule has 0 aliphatic carbocycles. The summed E-state index contributed by atoms with van der Waals surface area (Å²) in [6, 6.07) is 5.60. The van der Waals surface area contributed by atoms with Crippen LogP contribution in [-0.4, -0.2) is 34.6 Å². The van der Waals surface area contributed by atoms with E-state index in [0.29, 0.717) is 5.75 Å². The Morgan fingerprint density at radius 3 is 2.95 bits per heavy atom. The van der Waals surface area contributed by atoms with E-state index < -0.39 is 0 Å². The molecule has 19 heavy (non-hydrogen) atoms. The Morgan fingerprint density at radius 2 is 2.21 bits per heavy atom. The average molecular weight is 258 g/mol. The number of aromatic hydroxyl groups is 1. The highest BCUT2D eigenvalue weighted by atomic mass is 16.3. The van der Waals surface area contributed by atoms with Crippen LogP contribution >= 0.6 is 0 Å². The normalized spacial score (nSPS) is 11.3. The summed E-state index contributed by atoms with van der Waals surface area (Å²) in [5, 5.41) is 10.9. The van der Waals surface area contributed by atoms with Gasteiger partial charge >= 0.3 is 0 Å². The fourth-order valence-electron chi connectivity index (χ4n) is 2.50. The second-order valence-electron chi connectivity index (χ2n) is 4.85. The van der Waals surface area contributed by atoms with Gasteiger partial charge in [0.2, 0.25) is 0 Å². The lowest BCUT2D eigenvalue weighted by Crippen LogP contribution is -2.27. The van der Waals surface area contributed by atoms with Crippen LogP contribution < -0.4 is 0 Å². The third kappa shape index (κ3) is 3.18. The van der Waals surface area contributed by atoms with Gasteiger partial charge in [-0.05, 0) is 37.1 Å². The van der Waals surface area contributed by atoms with Crippen LogP contribution in [0.4, 0.5) is 0 Å². The van der Waals surface area contributed by atoms with E-state index in [0.717, 1.165) is 43.4 Å². The average Bonchev–Trinajstić information content (AvgIpc) is 2.81. The van der Waals surface area contributed by atoms with Crippen molar-refractivity contribution in [1.82, 2.24) is 9.88 Å². The van der Waals surface area contributed by atoms with Gasteiger partial charge in [0.1, 0.15) is 5.75 Å². The minimum absolute atomic E-state index is 0.361. The molecule has 0 saturated carbocycles. The van der Waals surface area contributed by atoms with Crippen LogP contribution in [0, 0.1) is 0 Å². The topological polar surface area (TPSA) is 39.3 Å². The van der Waals surface area contributed by atoms with E-state index in [1.807, 2.05) is 24.4 Å². The van der Waals surface area contributed by atoms with Gasteiger partial charge in [-0.2, -0.15) is 0 Å². The number of phenolic OH excluding ortho intramolecular Hbond substituents is 1. The molecule has 2 aromatic rings. The van der Waals surface area contributed by atoms with Crippen LogP contribution in [0.15, 0.2) is 37.1 Å². The first-order valence-electron chi connectivity index (χ1n) is 6.87. The van der Waals surface area contributed by atoms with Gasteiger partial charge in [0.25, 0.3) is 0 Å². The predicted octanol–water partition coefficient (Wildman–Crippen LogP) is 3.31. The molecular formula is C16H22N2O. The SMILES string of the molecule is C=CCN(CCC)CCc1c[nH]c2cccc(O)c12. The predicted molar refractivity (Wildman–Crippen MR) is 80.6 cm³/mol. The second-order valence-corrected chi connectivity index (χ2v) is 4.85. The maximum Gasteiger partial charge on any atom is 0.125 e. The van der Waals surface area contributed by atoms with Crippen molar-refractivity contribution in [2.24, 2.45) is 0 Å². The number of aromatic amines is 1. The standard InChI is InChI=1S/C16H22N2O/c1-3-9-18(10-4-2)11-8-13-12-17-14-6-5-7-15(19)16(13)14/h3,5-7,12,17,19H,1,4,8-11H2,2H3. The highest BCUT2D eigenvalue weighted by Gasteiger charge is 2.09. The van der Waals surface area contributed by atoms with Crippen LogP contribution in [0.2, 0.25) is 0 Å². The van der Waals surface area contributed by atoms with Gasteiger partial charge < -0.3 is 10.1 Å². The minimum Gasteiger partial charge on any atom is -0.507 e. The summed E-state index contributed by atoms with van der Waals surface area (Å²) >= 11 is 0. The van der Waals surface area contributed by atoms with Gasteiger partial charge in [-0.25, -0.2) is 0 Å². The molecule has 0 aliphatic rings. The van der Waals surface area contributed by atoms with Gasteiger partial charge in [-0.3, -0.25) is 4.90 Å². The van der Waals surface area contributed by atoms with Gasteiger partial charge in [0.05, 0.1) is 0 Å². The molecular weight excluding hydrogens is 236 g/mol. The molecule has 3 nitrogen and oxygen atoms in total. The number of fused-ring (bicyclic) bond motifs is 1. The Balaban J connectivity index is 2.10. The maximum atomic E-state index is 9.96. The van der Waals surface area contributed by atoms with E-state index >= 15 is 0 Å². The molecule has 0 atom stereocenters. The van der Waals surface area contributed by atoms with Crippen LogP contribution in [0.5, 0.6) is 5.75 Å². The largest absolute Gasteiger partial charge is 0.507 e. The first kappa shape index (κ1) is 13.7. The quantitative estimate of drug-likeness (QED) is 0.748. The van der Waals surface area contributed by atoms with E-state index in [9.17, 15) is 5.11 Å². The van der Waals surface area contributed by atoms with Crippen molar-refractivity contribution in [2.75, 3.05) is 19.6 Å². The third-order valence-electron chi connectivity index (χ3n) is 3.39. The molecule has 0 radical (unpaired) electrons. The van der Waals surface area contributed by atoms with Crippen LogP contribution in [-0.2, 0) is 6.42 Å². The molecule has 2 N–H and O–H groups in total. The molecule has 1 aromatic heterocycles. The Morgan fingerprint density at radius 1 is 1.37 bits per heavy atom. The number of hydrogen-bond acceptors (Lipinski definition) is 2. The summed E-state index contributed by atoms with van der Waals surface area (Å²) < 4.78 is 0. The number of phenols is 1. The maximum absolute atomic E-state index is 9.96. The summed E-state index contributed by atoms with van der Waals surface area (Å²) in [7, 11) is 0. The van der Waals surface area contributed by atoms with Crippen molar-refractivity contribution >= 4 is 10.9 Å². The van der Waals surface area contributed by atoms with Gasteiger partial charge in [-0.1, -0.05) is 19.1 Å². The molecule has 102 valence electrons. The Hall–Kier alpha value is -1.74. The monoisotopic (exact) mass is 258 g/mol. The third-order valence-corrected chi connectivity index (χ3v) is 3.39. The summed E-state index contributed by atoms with van der Waals surface area (Å²) in [6.45, 7) is 8.98. The molecule has 0 unspecified atom stereocenters. The number of rotatable bonds is 7. The van der Waals surface area contributed by atoms with Gasteiger partial charge in [0, 0.05) is 30.2 Å². The van der Waals surface area contributed by atoms with Crippen LogP contribution in [0.1, 0.15) is 18.9 Å². The van der Waals surface area contributed by atoms with E-state index in [1.54, 1.807) is 6.07 Å². The van der Waals surface area contributed by atoms with E-state index in [1.165, 1.54) is 5.56 Å². The Bertz CT molecular complexity index is 545. The lowest BCUT2D eigenvalue weighted by atomic mass is 10.1. The van der Waals surface area contributed by atoms with Crippen molar-refractivity contribution < 1.29 is 5.11 Å². The molecule has 0 amide bonds. The zero-order valence-corrected chi connectivity index (χ0v) is 11.5. The molecule has 0 fully saturated rings. The fraction of sp³-hybridized carbons (Fsp3) is 0.375.